The Hall–Kier alpha value is -4.04. The number of nitrogens with zero attached hydrogens (tertiary/aromatic N) is 4. The Bertz CT molecular complexity index is 1630. The molecule has 8 heteroatoms. The van der Waals surface area contributed by atoms with Gasteiger partial charge in [-0.2, -0.15) is 16.4 Å². The van der Waals surface area contributed by atoms with Gasteiger partial charge in [-0.1, -0.05) is 0 Å². The minimum absolute atomic E-state index is 0.336. The van der Waals surface area contributed by atoms with E-state index in [1.807, 2.05) is 24.8 Å². The van der Waals surface area contributed by atoms with Crippen molar-refractivity contribution >= 4 is 39.0 Å². The highest BCUT2D eigenvalue weighted by Gasteiger charge is 2.17. The monoisotopic (exact) mass is 465 g/mol. The molecular formula is C26H23N7S. The number of pyridine rings is 2. The molecule has 0 saturated heterocycles. The number of rotatable bonds is 5. The van der Waals surface area contributed by atoms with Crippen molar-refractivity contribution in [2.24, 2.45) is 0 Å². The summed E-state index contributed by atoms with van der Waals surface area (Å²) in [6.45, 7) is 6.35. The summed E-state index contributed by atoms with van der Waals surface area (Å²) in [6, 6.07) is 8.86. The molecule has 0 amide bonds. The zero-order chi connectivity index (χ0) is 23.2. The van der Waals surface area contributed by atoms with Gasteiger partial charge >= 0.3 is 0 Å². The molecule has 0 radical (unpaired) electrons. The van der Waals surface area contributed by atoms with Crippen molar-refractivity contribution in [2.75, 3.05) is 5.32 Å². The molecule has 1 aromatic carbocycles. The van der Waals surface area contributed by atoms with Crippen molar-refractivity contribution in [2.45, 2.75) is 26.8 Å². The number of H-pyrrole nitrogens is 2. The highest BCUT2D eigenvalue weighted by atomic mass is 32.1. The third-order valence-electron chi connectivity index (χ3n) is 5.86. The van der Waals surface area contributed by atoms with E-state index in [1.54, 1.807) is 11.3 Å². The maximum Gasteiger partial charge on any atom is 0.159 e. The highest BCUT2D eigenvalue weighted by molar-refractivity contribution is 7.08. The highest BCUT2D eigenvalue weighted by Crippen LogP contribution is 2.35. The second kappa shape index (κ2) is 8.07. The second-order valence-electron chi connectivity index (χ2n) is 8.73. The van der Waals surface area contributed by atoms with Crippen LogP contribution in [0.3, 0.4) is 0 Å². The Labute approximate surface area is 200 Å². The number of hydrogen-bond donors (Lipinski definition) is 3. The predicted molar refractivity (Wildman–Crippen MR) is 139 cm³/mol. The van der Waals surface area contributed by atoms with Gasteiger partial charge in [-0.15, -0.1) is 0 Å². The molecule has 3 N–H and O–H groups in total. The second-order valence-corrected chi connectivity index (χ2v) is 9.51. The summed E-state index contributed by atoms with van der Waals surface area (Å²) in [6.07, 6.45) is 7.43. The fourth-order valence-electron chi connectivity index (χ4n) is 4.34. The summed E-state index contributed by atoms with van der Waals surface area (Å²) in [5, 5.41) is 16.4. The van der Waals surface area contributed by atoms with Crippen molar-refractivity contribution in [1.29, 1.82) is 0 Å². The minimum Gasteiger partial charge on any atom is -0.382 e. The lowest BCUT2D eigenvalue weighted by Gasteiger charge is -2.12. The smallest absolute Gasteiger partial charge is 0.159 e. The molecule has 0 spiro atoms. The Morgan fingerprint density at radius 3 is 2.65 bits per heavy atom. The van der Waals surface area contributed by atoms with E-state index in [1.165, 1.54) is 0 Å². The molecule has 0 saturated carbocycles. The van der Waals surface area contributed by atoms with E-state index in [9.17, 15) is 0 Å². The van der Waals surface area contributed by atoms with Gasteiger partial charge in [0.05, 0.1) is 22.9 Å². The number of aromatic nitrogens is 6. The van der Waals surface area contributed by atoms with Crippen molar-refractivity contribution in [1.82, 2.24) is 30.1 Å². The van der Waals surface area contributed by atoms with Gasteiger partial charge in [0.25, 0.3) is 0 Å². The fraction of sp³-hybridized carbons (Fsp3) is 0.154. The van der Waals surface area contributed by atoms with Crippen LogP contribution in [0.15, 0.2) is 59.8 Å². The molecule has 168 valence electrons. The lowest BCUT2D eigenvalue weighted by atomic mass is 9.99. The molecule has 0 aliphatic heterocycles. The van der Waals surface area contributed by atoms with Gasteiger partial charge in [0.2, 0.25) is 0 Å². The number of anilines is 1. The summed E-state index contributed by atoms with van der Waals surface area (Å²) in [7, 11) is 0. The zero-order valence-corrected chi connectivity index (χ0v) is 19.9. The first-order chi connectivity index (χ1) is 16.6. The van der Waals surface area contributed by atoms with Crippen LogP contribution >= 0.6 is 11.3 Å². The molecule has 0 fully saturated rings. The Balaban J connectivity index is 1.48. The van der Waals surface area contributed by atoms with Crippen LogP contribution in [0.25, 0.3) is 55.7 Å². The average Bonchev–Trinajstić information content (AvgIpc) is 3.57. The van der Waals surface area contributed by atoms with Crippen molar-refractivity contribution in [3.8, 4) is 33.8 Å². The zero-order valence-electron chi connectivity index (χ0n) is 19.0. The van der Waals surface area contributed by atoms with Gasteiger partial charge in [-0.05, 0) is 72.5 Å². The Kier molecular flexibility index (Phi) is 4.88. The van der Waals surface area contributed by atoms with Crippen molar-refractivity contribution in [3.05, 3.63) is 65.4 Å². The van der Waals surface area contributed by atoms with Gasteiger partial charge in [0.15, 0.2) is 5.82 Å². The number of imidazole rings is 1. The summed E-state index contributed by atoms with van der Waals surface area (Å²) < 4.78 is 0. The fourth-order valence-corrected chi connectivity index (χ4v) is 4.99. The third-order valence-corrected chi connectivity index (χ3v) is 6.55. The molecule has 6 aromatic rings. The Morgan fingerprint density at radius 2 is 1.82 bits per heavy atom. The number of aromatic amines is 2. The standard InChI is InChI=1S/C26H23N7S/c1-14(2)29-18-7-17(9-27-10-18)19-8-20-22(6-15(19)3)32-33-25(20)26-30-23-12-28-11-21(24(23)31-26)16-4-5-34-13-16/h4-14,29H,1-3H3,(H,30,31)(H,32,33). The van der Waals surface area contributed by atoms with E-state index in [-0.39, 0.29) is 0 Å². The topological polar surface area (TPSA) is 95.2 Å². The van der Waals surface area contributed by atoms with Crippen LogP contribution < -0.4 is 5.32 Å². The lowest BCUT2D eigenvalue weighted by Crippen LogP contribution is -2.09. The summed E-state index contributed by atoms with van der Waals surface area (Å²) in [4.78, 5) is 17.2. The van der Waals surface area contributed by atoms with Crippen LogP contribution in [0, 0.1) is 6.92 Å². The SMILES string of the molecule is Cc1cc2[nH]nc(-c3nc4c(-c5ccsc5)cncc4[nH]3)c2cc1-c1cncc(NC(C)C)c1. The molecule has 0 bridgehead atoms. The van der Waals surface area contributed by atoms with E-state index >= 15 is 0 Å². The number of hydrogen-bond acceptors (Lipinski definition) is 6. The van der Waals surface area contributed by atoms with Crippen LogP contribution in [-0.2, 0) is 0 Å². The molecule has 34 heavy (non-hydrogen) atoms. The lowest BCUT2D eigenvalue weighted by molar-refractivity contribution is 0.898. The minimum atomic E-state index is 0.336. The van der Waals surface area contributed by atoms with Crippen molar-refractivity contribution < 1.29 is 0 Å². The molecule has 0 atom stereocenters. The molecule has 0 aliphatic rings. The average molecular weight is 466 g/mol. The first-order valence-corrected chi connectivity index (χ1v) is 12.1. The molecule has 5 heterocycles. The maximum atomic E-state index is 4.94. The first-order valence-electron chi connectivity index (χ1n) is 11.1. The van der Waals surface area contributed by atoms with Crippen LogP contribution in [0.2, 0.25) is 0 Å². The molecular weight excluding hydrogens is 442 g/mol. The number of benzene rings is 1. The molecule has 5 aromatic heterocycles. The van der Waals surface area contributed by atoms with Gasteiger partial charge in [0, 0.05) is 41.1 Å². The summed E-state index contributed by atoms with van der Waals surface area (Å²) in [5.41, 5.74) is 10.0. The van der Waals surface area contributed by atoms with Gasteiger partial charge in [-0.25, -0.2) is 4.98 Å². The van der Waals surface area contributed by atoms with E-state index in [4.69, 9.17) is 4.98 Å². The quantitative estimate of drug-likeness (QED) is 0.273. The number of thiophene rings is 1. The summed E-state index contributed by atoms with van der Waals surface area (Å²) in [5.74, 6) is 0.717. The molecule has 7 nitrogen and oxygen atoms in total. The molecule has 0 aliphatic carbocycles. The first kappa shape index (κ1) is 20.6. The Morgan fingerprint density at radius 1 is 0.941 bits per heavy atom. The van der Waals surface area contributed by atoms with Crippen molar-refractivity contribution in [3.63, 3.8) is 0 Å². The maximum absolute atomic E-state index is 4.94. The van der Waals surface area contributed by atoms with E-state index in [0.29, 0.717) is 11.9 Å². The predicted octanol–water partition coefficient (Wildman–Crippen LogP) is 6.42. The van der Waals surface area contributed by atoms with E-state index in [2.05, 4.69) is 86.3 Å². The largest absolute Gasteiger partial charge is 0.382 e. The molecule has 6 rings (SSSR count). The number of nitrogens with one attached hydrogen (secondary N) is 3. The van der Waals surface area contributed by atoms with Gasteiger partial charge in [-0.3, -0.25) is 15.1 Å². The molecule has 0 unspecified atom stereocenters. The van der Waals surface area contributed by atoms with Gasteiger partial charge < -0.3 is 10.3 Å². The van der Waals surface area contributed by atoms with Gasteiger partial charge in [0.1, 0.15) is 11.2 Å². The van der Waals surface area contributed by atoms with E-state index < -0.39 is 0 Å². The van der Waals surface area contributed by atoms with Crippen LogP contribution in [0.4, 0.5) is 5.69 Å². The van der Waals surface area contributed by atoms with E-state index in [0.717, 1.165) is 61.1 Å². The van der Waals surface area contributed by atoms with Crippen LogP contribution in [-0.4, -0.2) is 36.2 Å². The van der Waals surface area contributed by atoms with Crippen LogP contribution in [0.5, 0.6) is 0 Å². The number of fused-ring (bicyclic) bond motifs is 2. The third kappa shape index (κ3) is 3.52. The normalized spacial score (nSPS) is 11.6. The summed E-state index contributed by atoms with van der Waals surface area (Å²) >= 11 is 1.66. The number of aryl methyl sites for hydroxylation is 1. The van der Waals surface area contributed by atoms with Crippen LogP contribution in [0.1, 0.15) is 19.4 Å².